The van der Waals surface area contributed by atoms with Gasteiger partial charge in [-0.25, -0.2) is 4.98 Å². The Morgan fingerprint density at radius 2 is 1.74 bits per heavy atom. The number of hydrogen-bond acceptors (Lipinski definition) is 3. The Morgan fingerprint density at radius 1 is 0.941 bits per heavy atom. The average molecular weight is 456 g/mol. The minimum atomic E-state index is -0.0498. The van der Waals surface area contributed by atoms with E-state index in [-0.39, 0.29) is 5.91 Å². The number of imidazole rings is 1. The predicted octanol–water partition coefficient (Wildman–Crippen LogP) is 5.79. The third-order valence-electron chi connectivity index (χ3n) is 6.27. The number of aryl methyl sites for hydroxylation is 3. The molecule has 4 aromatic rings. The number of para-hydroxylation sites is 2. The number of carbonyl (C=O) groups is 1. The Balaban J connectivity index is 1.33. The third-order valence-corrected chi connectivity index (χ3v) is 6.27. The van der Waals surface area contributed by atoms with E-state index in [1.165, 1.54) is 11.1 Å². The molecule has 0 aliphatic carbocycles. The zero-order chi connectivity index (χ0) is 23.9. The number of nitrogens with zero attached hydrogens (tertiary/aromatic N) is 2. The standard InChI is InChI=1S/C29H33N3O2/c1-21-13-15-24(16-14-21)29(33)30-18-17-28-31-25-10-4-5-11-26(25)32(28)19-6-7-20-34-27-12-8-9-22(2)23(27)3/h4-5,8-16H,6-7,17-20H2,1-3H3,(H,30,33). The first-order valence-electron chi connectivity index (χ1n) is 12.0. The van der Waals surface area contributed by atoms with E-state index in [0.29, 0.717) is 25.1 Å². The van der Waals surface area contributed by atoms with Gasteiger partial charge in [0.15, 0.2) is 0 Å². The van der Waals surface area contributed by atoms with Crippen LogP contribution in [-0.4, -0.2) is 28.6 Å². The topological polar surface area (TPSA) is 56.2 Å². The molecule has 0 unspecified atom stereocenters. The Hall–Kier alpha value is -3.60. The van der Waals surface area contributed by atoms with Crippen LogP contribution in [0.2, 0.25) is 0 Å². The molecule has 0 aliphatic rings. The summed E-state index contributed by atoms with van der Waals surface area (Å²) in [5, 5.41) is 3.03. The molecular weight excluding hydrogens is 422 g/mol. The lowest BCUT2D eigenvalue weighted by Crippen LogP contribution is -2.26. The van der Waals surface area contributed by atoms with E-state index in [9.17, 15) is 4.79 Å². The number of fused-ring (bicyclic) bond motifs is 1. The van der Waals surface area contributed by atoms with Crippen LogP contribution in [0.5, 0.6) is 5.75 Å². The average Bonchev–Trinajstić information content (AvgIpc) is 3.19. The molecule has 0 fully saturated rings. The minimum Gasteiger partial charge on any atom is -0.493 e. The van der Waals surface area contributed by atoms with E-state index < -0.39 is 0 Å². The highest BCUT2D eigenvalue weighted by atomic mass is 16.5. The van der Waals surface area contributed by atoms with Crippen molar-refractivity contribution in [3.8, 4) is 5.75 Å². The maximum atomic E-state index is 12.5. The molecule has 5 nitrogen and oxygen atoms in total. The predicted molar refractivity (Wildman–Crippen MR) is 138 cm³/mol. The fraction of sp³-hybridized carbons (Fsp3) is 0.310. The Bertz CT molecular complexity index is 1260. The van der Waals surface area contributed by atoms with E-state index in [0.717, 1.165) is 47.6 Å². The van der Waals surface area contributed by atoms with Gasteiger partial charge >= 0.3 is 0 Å². The summed E-state index contributed by atoms with van der Waals surface area (Å²) < 4.78 is 8.31. The van der Waals surface area contributed by atoms with Gasteiger partial charge in [0.05, 0.1) is 17.6 Å². The molecule has 0 saturated heterocycles. The third kappa shape index (κ3) is 5.66. The first-order chi connectivity index (χ1) is 16.5. The molecule has 34 heavy (non-hydrogen) atoms. The van der Waals surface area contributed by atoms with Crippen LogP contribution in [0.1, 0.15) is 45.7 Å². The van der Waals surface area contributed by atoms with Crippen LogP contribution in [0, 0.1) is 20.8 Å². The summed E-state index contributed by atoms with van der Waals surface area (Å²) in [7, 11) is 0. The van der Waals surface area contributed by atoms with Crippen LogP contribution in [0.15, 0.2) is 66.7 Å². The lowest BCUT2D eigenvalue weighted by molar-refractivity contribution is 0.0954. The quantitative estimate of drug-likeness (QED) is 0.308. The number of ether oxygens (including phenoxy) is 1. The molecule has 1 aromatic heterocycles. The van der Waals surface area contributed by atoms with Gasteiger partial charge in [-0.2, -0.15) is 0 Å². The molecule has 0 spiro atoms. The second kappa shape index (κ2) is 11.0. The number of benzene rings is 3. The summed E-state index contributed by atoms with van der Waals surface area (Å²) >= 11 is 0. The van der Waals surface area contributed by atoms with E-state index in [4.69, 9.17) is 9.72 Å². The van der Waals surface area contributed by atoms with E-state index in [2.05, 4.69) is 35.9 Å². The van der Waals surface area contributed by atoms with Crippen LogP contribution in [0.25, 0.3) is 11.0 Å². The lowest BCUT2D eigenvalue weighted by Gasteiger charge is -2.12. The van der Waals surface area contributed by atoms with Crippen molar-refractivity contribution >= 4 is 16.9 Å². The van der Waals surface area contributed by atoms with Crippen molar-refractivity contribution in [1.82, 2.24) is 14.9 Å². The van der Waals surface area contributed by atoms with Crippen molar-refractivity contribution in [3.63, 3.8) is 0 Å². The van der Waals surface area contributed by atoms with Gasteiger partial charge < -0.3 is 14.6 Å². The highest BCUT2D eigenvalue weighted by molar-refractivity contribution is 5.94. The summed E-state index contributed by atoms with van der Waals surface area (Å²) in [4.78, 5) is 17.3. The first-order valence-corrected chi connectivity index (χ1v) is 12.0. The van der Waals surface area contributed by atoms with Gasteiger partial charge in [-0.05, 0) is 75.1 Å². The molecule has 1 N–H and O–H groups in total. The summed E-state index contributed by atoms with van der Waals surface area (Å²) in [6.07, 6.45) is 2.64. The van der Waals surface area contributed by atoms with Crippen LogP contribution in [0.3, 0.4) is 0 Å². The molecule has 1 heterocycles. The Kier molecular flexibility index (Phi) is 7.63. The Morgan fingerprint density at radius 3 is 2.56 bits per heavy atom. The zero-order valence-electron chi connectivity index (χ0n) is 20.3. The maximum Gasteiger partial charge on any atom is 0.251 e. The number of hydrogen-bond donors (Lipinski definition) is 1. The molecule has 4 rings (SSSR count). The smallest absolute Gasteiger partial charge is 0.251 e. The number of unbranched alkanes of at least 4 members (excludes halogenated alkanes) is 1. The van der Waals surface area contributed by atoms with Crippen LogP contribution < -0.4 is 10.1 Å². The van der Waals surface area contributed by atoms with Gasteiger partial charge in [-0.15, -0.1) is 0 Å². The second-order valence-electron chi connectivity index (χ2n) is 8.79. The van der Waals surface area contributed by atoms with Crippen molar-refractivity contribution in [2.75, 3.05) is 13.2 Å². The molecule has 1 amide bonds. The molecule has 3 aromatic carbocycles. The molecule has 0 bridgehead atoms. The van der Waals surface area contributed by atoms with Gasteiger partial charge in [0.1, 0.15) is 11.6 Å². The lowest BCUT2D eigenvalue weighted by atomic mass is 10.1. The molecule has 0 atom stereocenters. The normalized spacial score (nSPS) is 11.0. The van der Waals surface area contributed by atoms with E-state index >= 15 is 0 Å². The number of aromatic nitrogens is 2. The highest BCUT2D eigenvalue weighted by Crippen LogP contribution is 2.21. The van der Waals surface area contributed by atoms with Crippen molar-refractivity contribution in [3.05, 3.63) is 94.8 Å². The maximum absolute atomic E-state index is 12.5. The van der Waals surface area contributed by atoms with Gasteiger partial charge in [-0.1, -0.05) is 42.0 Å². The zero-order valence-corrected chi connectivity index (χ0v) is 20.3. The molecule has 5 heteroatoms. The number of amides is 1. The summed E-state index contributed by atoms with van der Waals surface area (Å²) in [6, 6.07) is 22.0. The monoisotopic (exact) mass is 455 g/mol. The van der Waals surface area contributed by atoms with Crippen LogP contribution >= 0.6 is 0 Å². The van der Waals surface area contributed by atoms with Crippen molar-refractivity contribution in [1.29, 1.82) is 0 Å². The SMILES string of the molecule is Cc1ccc(C(=O)NCCc2nc3ccccc3n2CCCCOc2cccc(C)c2C)cc1. The number of rotatable bonds is 10. The largest absolute Gasteiger partial charge is 0.493 e. The van der Waals surface area contributed by atoms with Gasteiger partial charge in [0.25, 0.3) is 5.91 Å². The first kappa shape index (κ1) is 23.6. The van der Waals surface area contributed by atoms with E-state index in [1.54, 1.807) is 0 Å². The number of nitrogens with one attached hydrogen (secondary N) is 1. The molecule has 0 radical (unpaired) electrons. The van der Waals surface area contributed by atoms with Crippen LogP contribution in [-0.2, 0) is 13.0 Å². The molecule has 176 valence electrons. The van der Waals surface area contributed by atoms with Gasteiger partial charge in [0, 0.05) is 25.1 Å². The molecule has 0 saturated carbocycles. The second-order valence-corrected chi connectivity index (χ2v) is 8.79. The highest BCUT2D eigenvalue weighted by Gasteiger charge is 2.11. The van der Waals surface area contributed by atoms with Crippen molar-refractivity contribution in [2.45, 2.75) is 46.6 Å². The summed E-state index contributed by atoms with van der Waals surface area (Å²) in [5.74, 6) is 1.92. The number of carbonyl (C=O) groups excluding carboxylic acids is 1. The summed E-state index contributed by atoms with van der Waals surface area (Å²) in [6.45, 7) is 8.34. The van der Waals surface area contributed by atoms with Crippen molar-refractivity contribution in [2.24, 2.45) is 0 Å². The minimum absolute atomic E-state index is 0.0498. The van der Waals surface area contributed by atoms with Gasteiger partial charge in [-0.3, -0.25) is 4.79 Å². The van der Waals surface area contributed by atoms with Crippen LogP contribution in [0.4, 0.5) is 0 Å². The fourth-order valence-electron chi connectivity index (χ4n) is 4.10. The molecular formula is C29H33N3O2. The molecule has 0 aliphatic heterocycles. The fourth-order valence-corrected chi connectivity index (χ4v) is 4.10. The van der Waals surface area contributed by atoms with Crippen molar-refractivity contribution < 1.29 is 9.53 Å². The Labute approximate surface area is 201 Å². The van der Waals surface area contributed by atoms with E-state index in [1.807, 2.05) is 61.5 Å². The van der Waals surface area contributed by atoms with Gasteiger partial charge in [0.2, 0.25) is 0 Å². The summed E-state index contributed by atoms with van der Waals surface area (Å²) in [5.41, 5.74) is 6.42.